The molecule has 0 saturated carbocycles. The van der Waals surface area contributed by atoms with Crippen molar-refractivity contribution in [3.05, 3.63) is 61.1 Å². The van der Waals surface area contributed by atoms with E-state index in [1.54, 1.807) is 12.2 Å². The first-order valence-electron chi connectivity index (χ1n) is 4.27. The fourth-order valence-electron chi connectivity index (χ4n) is 0.604. The molecule has 0 unspecified atom stereocenters. The van der Waals surface area contributed by atoms with Gasteiger partial charge in [0.15, 0.2) is 0 Å². The zero-order chi connectivity index (χ0) is 11.2. The smallest absolute Gasteiger partial charge is 0.430 e. The van der Waals surface area contributed by atoms with E-state index in [4.69, 9.17) is 10.0 Å². The zero-order valence-corrected chi connectivity index (χ0v) is 8.19. The average molecular weight is 208 g/mol. The van der Waals surface area contributed by atoms with Crippen molar-refractivity contribution in [1.29, 1.82) is 0 Å². The molecule has 0 amide bonds. The van der Waals surface area contributed by atoms with Gasteiger partial charge in [0.1, 0.15) is 12.5 Å². The van der Waals surface area contributed by atoms with Crippen LogP contribution in [0, 0.1) is 0 Å². The molecule has 1 aromatic rings. The topological polar surface area (TPSA) is 58.9 Å². The summed E-state index contributed by atoms with van der Waals surface area (Å²) >= 11 is 0. The van der Waals surface area contributed by atoms with Crippen molar-refractivity contribution in [2.24, 2.45) is 0 Å². The van der Waals surface area contributed by atoms with Gasteiger partial charge in [-0.2, -0.15) is 0 Å². The summed E-state index contributed by atoms with van der Waals surface area (Å²) in [5, 5.41) is 14.2. The number of rotatable bonds is 0. The van der Waals surface area contributed by atoms with E-state index in [1.165, 1.54) is 12.5 Å². The molecular weight excluding hydrogens is 195 g/mol. The molecule has 0 aliphatic carbocycles. The lowest BCUT2D eigenvalue weighted by Crippen LogP contribution is -1.78. The van der Waals surface area contributed by atoms with Crippen LogP contribution < -0.4 is 0 Å². The van der Waals surface area contributed by atoms with Crippen molar-refractivity contribution < 1.29 is 19.8 Å². The van der Waals surface area contributed by atoms with Crippen LogP contribution in [0.5, 0.6) is 0 Å². The van der Waals surface area contributed by atoms with Gasteiger partial charge in [0.25, 0.3) is 0 Å². The molecule has 1 aliphatic heterocycles. The Labute approximate surface area is 89.3 Å². The molecule has 0 fully saturated rings. The van der Waals surface area contributed by atoms with Gasteiger partial charge in [-0.1, -0.05) is 36.4 Å². The number of benzene rings is 1. The summed E-state index contributed by atoms with van der Waals surface area (Å²) < 4.78 is 0. The predicted octanol–water partition coefficient (Wildman–Crippen LogP) is 0.900. The van der Waals surface area contributed by atoms with E-state index in [9.17, 15) is 0 Å². The van der Waals surface area contributed by atoms with Gasteiger partial charge in [-0.15, -0.1) is 0 Å². The highest BCUT2D eigenvalue weighted by Crippen LogP contribution is 1.89. The minimum atomic E-state index is -0.750. The first kappa shape index (κ1) is 13.3. The summed E-state index contributed by atoms with van der Waals surface area (Å²) in [6.07, 6.45) is 6.40. The molecule has 15 heavy (non-hydrogen) atoms. The minimum Gasteiger partial charge on any atom is -0.430 e. The third-order valence-corrected chi connectivity index (χ3v) is 1.10. The Balaban J connectivity index is 0.000000210. The molecule has 4 nitrogen and oxygen atoms in total. The summed E-state index contributed by atoms with van der Waals surface area (Å²) in [5.74, 6) is 0. The first-order valence-corrected chi connectivity index (χ1v) is 4.27. The lowest BCUT2D eigenvalue weighted by atomic mass is 10.4. The third-order valence-electron chi connectivity index (χ3n) is 1.10. The molecule has 1 aromatic carbocycles. The summed E-state index contributed by atoms with van der Waals surface area (Å²) in [6, 6.07) is 12.0. The lowest BCUT2D eigenvalue weighted by molar-refractivity contribution is -0.198. The van der Waals surface area contributed by atoms with Gasteiger partial charge in [-0.3, -0.25) is 9.78 Å². The van der Waals surface area contributed by atoms with E-state index < -0.39 is 7.69 Å². The lowest BCUT2D eigenvalue weighted by Gasteiger charge is -1.94. The maximum Gasteiger partial charge on any atom is 0.432 e. The number of allylic oxidation sites excluding steroid dienone is 2. The summed E-state index contributed by atoms with van der Waals surface area (Å²) in [7, 11) is -0.750. The van der Waals surface area contributed by atoms with Crippen molar-refractivity contribution in [3.8, 4) is 0 Å². The quantitative estimate of drug-likeness (QED) is 0.491. The van der Waals surface area contributed by atoms with Gasteiger partial charge in [-0.25, -0.2) is 0 Å². The van der Waals surface area contributed by atoms with Gasteiger partial charge >= 0.3 is 7.69 Å². The van der Waals surface area contributed by atoms with Crippen LogP contribution in [0.3, 0.4) is 0 Å². The molecule has 1 aliphatic rings. The SMILES string of the molecule is C1=COOC=C1.OBO.c1ccccc1. The van der Waals surface area contributed by atoms with E-state index in [-0.39, 0.29) is 0 Å². The molecule has 0 radical (unpaired) electrons. The van der Waals surface area contributed by atoms with Crippen molar-refractivity contribution in [3.63, 3.8) is 0 Å². The van der Waals surface area contributed by atoms with Gasteiger partial charge in [0.05, 0.1) is 0 Å². The van der Waals surface area contributed by atoms with Crippen LogP contribution in [0.2, 0.25) is 0 Å². The van der Waals surface area contributed by atoms with Gasteiger partial charge < -0.3 is 10.0 Å². The summed E-state index contributed by atoms with van der Waals surface area (Å²) in [5.41, 5.74) is 0. The molecule has 0 saturated heterocycles. The Morgan fingerprint density at radius 2 is 0.933 bits per heavy atom. The highest BCUT2D eigenvalue weighted by Gasteiger charge is 1.75. The minimum absolute atomic E-state index is 0.750. The second kappa shape index (κ2) is 12.3. The number of hydrogen-bond acceptors (Lipinski definition) is 4. The van der Waals surface area contributed by atoms with Crippen LogP contribution in [-0.4, -0.2) is 17.7 Å². The van der Waals surface area contributed by atoms with Crippen molar-refractivity contribution in [1.82, 2.24) is 0 Å². The molecule has 0 aromatic heterocycles. The second-order valence-electron chi connectivity index (χ2n) is 2.15. The standard InChI is InChI=1S/C6H6.C4H4O2.BH3O2/c2*1-2-4-6-5-3-1;2-1-3/h1-6H;1-4H;1-3H. The largest absolute Gasteiger partial charge is 0.432 e. The average Bonchev–Trinajstić information content (AvgIpc) is 2.35. The van der Waals surface area contributed by atoms with E-state index in [0.717, 1.165) is 0 Å². The Kier molecular flexibility index (Phi) is 10.9. The molecule has 80 valence electrons. The van der Waals surface area contributed by atoms with E-state index in [2.05, 4.69) is 9.78 Å². The van der Waals surface area contributed by atoms with Crippen molar-refractivity contribution >= 4 is 7.69 Å². The van der Waals surface area contributed by atoms with Crippen LogP contribution in [0.4, 0.5) is 0 Å². The Bertz CT molecular complexity index is 223. The van der Waals surface area contributed by atoms with Crippen LogP contribution in [0.1, 0.15) is 0 Å². The fraction of sp³-hybridized carbons (Fsp3) is 0. The fourth-order valence-corrected chi connectivity index (χ4v) is 0.604. The van der Waals surface area contributed by atoms with Crippen molar-refractivity contribution in [2.75, 3.05) is 0 Å². The van der Waals surface area contributed by atoms with Gasteiger partial charge in [-0.05, 0) is 12.2 Å². The molecule has 1 heterocycles. The maximum absolute atomic E-state index is 7.12. The molecule has 0 bridgehead atoms. The monoisotopic (exact) mass is 208 g/mol. The number of hydrogen-bond donors (Lipinski definition) is 2. The normalized spacial score (nSPS) is 10.5. The molecule has 0 spiro atoms. The Morgan fingerprint density at radius 3 is 1.07 bits per heavy atom. The van der Waals surface area contributed by atoms with Gasteiger partial charge in [0, 0.05) is 0 Å². The third kappa shape index (κ3) is 12.3. The van der Waals surface area contributed by atoms with E-state index in [0.29, 0.717) is 0 Å². The highest BCUT2D eigenvalue weighted by molar-refractivity contribution is 6.13. The Hall–Kier alpha value is -1.72. The Morgan fingerprint density at radius 1 is 0.667 bits per heavy atom. The van der Waals surface area contributed by atoms with E-state index >= 15 is 0 Å². The second-order valence-corrected chi connectivity index (χ2v) is 2.15. The molecule has 2 N–H and O–H groups in total. The zero-order valence-electron chi connectivity index (χ0n) is 8.19. The summed E-state index contributed by atoms with van der Waals surface area (Å²) in [6.45, 7) is 0. The molecule has 2 rings (SSSR count). The highest BCUT2D eigenvalue weighted by atomic mass is 17.2. The van der Waals surface area contributed by atoms with Crippen LogP contribution in [-0.2, 0) is 9.78 Å². The van der Waals surface area contributed by atoms with E-state index in [1.807, 2.05) is 36.4 Å². The van der Waals surface area contributed by atoms with Crippen LogP contribution in [0.15, 0.2) is 61.1 Å². The summed E-state index contributed by atoms with van der Waals surface area (Å²) in [4.78, 5) is 8.60. The van der Waals surface area contributed by atoms with Crippen LogP contribution >= 0.6 is 0 Å². The molecular formula is C10H13BO4. The van der Waals surface area contributed by atoms with Crippen molar-refractivity contribution in [2.45, 2.75) is 0 Å². The van der Waals surface area contributed by atoms with Gasteiger partial charge in [0.2, 0.25) is 0 Å². The first-order chi connectivity index (χ1) is 7.41. The molecule has 5 heteroatoms. The predicted molar refractivity (Wildman–Crippen MR) is 58.5 cm³/mol. The molecule has 0 atom stereocenters. The van der Waals surface area contributed by atoms with Crippen LogP contribution in [0.25, 0.3) is 0 Å². The maximum atomic E-state index is 7.12.